The van der Waals surface area contributed by atoms with Crippen molar-refractivity contribution in [2.24, 2.45) is 0 Å². The lowest BCUT2D eigenvalue weighted by Crippen LogP contribution is -2.34. The Morgan fingerprint density at radius 3 is 2.45 bits per heavy atom. The van der Waals surface area contributed by atoms with Gasteiger partial charge in [0.1, 0.15) is 12.2 Å². The highest BCUT2D eigenvalue weighted by atomic mass is 127. The number of nitrogens with zero attached hydrogens (tertiary/aromatic N) is 6. The Bertz CT molecular complexity index is 1650. The van der Waals surface area contributed by atoms with Gasteiger partial charge in [-0.15, -0.1) is 0 Å². The number of carbonyl (C=O) groups is 2. The van der Waals surface area contributed by atoms with Gasteiger partial charge < -0.3 is 10.6 Å². The number of hydrogen-bond donors (Lipinski definition) is 2. The van der Waals surface area contributed by atoms with E-state index in [2.05, 4.69) is 30.9 Å². The number of rotatable bonds is 8. The first-order chi connectivity index (χ1) is 19.6. The van der Waals surface area contributed by atoms with Crippen LogP contribution < -0.4 is 10.6 Å². The molecule has 2 N–H and O–H groups in total. The lowest BCUT2D eigenvalue weighted by Gasteiger charge is -2.16. The van der Waals surface area contributed by atoms with Crippen LogP contribution >= 0.6 is 34.2 Å². The average Bonchev–Trinajstić information content (AvgIpc) is 3.52. The van der Waals surface area contributed by atoms with E-state index >= 15 is 0 Å². The summed E-state index contributed by atoms with van der Waals surface area (Å²) in [5.41, 5.74) is -0.690. The number of pyridine rings is 1. The molecule has 10 nitrogen and oxygen atoms in total. The summed E-state index contributed by atoms with van der Waals surface area (Å²) in [6, 6.07) is 7.48. The van der Waals surface area contributed by atoms with Crippen LogP contribution in [0.25, 0.3) is 5.82 Å². The Morgan fingerprint density at radius 1 is 1.10 bits per heavy atom. The highest BCUT2D eigenvalue weighted by Crippen LogP contribution is 2.42. The van der Waals surface area contributed by atoms with Crippen molar-refractivity contribution in [3.05, 3.63) is 79.5 Å². The summed E-state index contributed by atoms with van der Waals surface area (Å²) in [5.74, 6) is -6.34. The van der Waals surface area contributed by atoms with E-state index in [1.807, 2.05) is 22.6 Å². The van der Waals surface area contributed by atoms with Crippen LogP contribution in [-0.2, 0) is 12.5 Å². The zero-order valence-electron chi connectivity index (χ0n) is 22.0. The van der Waals surface area contributed by atoms with Crippen molar-refractivity contribution in [1.29, 1.82) is 0 Å². The van der Waals surface area contributed by atoms with Gasteiger partial charge in [-0.1, -0.05) is 11.6 Å². The van der Waals surface area contributed by atoms with Crippen molar-refractivity contribution in [1.82, 2.24) is 35.1 Å². The highest BCUT2D eigenvalue weighted by molar-refractivity contribution is 14.1. The molecule has 4 rings (SSSR count). The van der Waals surface area contributed by atoms with Crippen LogP contribution in [0.5, 0.6) is 0 Å². The minimum Gasteiger partial charge on any atom is -0.350 e. The number of aryl methyl sites for hydroxylation is 1. The third-order valence-corrected chi connectivity index (χ3v) is 6.57. The molecule has 1 aromatic carbocycles. The van der Waals surface area contributed by atoms with Crippen molar-refractivity contribution in [2.75, 3.05) is 5.32 Å². The molecular formula is C25H21ClF5IN8O2. The maximum atomic E-state index is 13.7. The first-order valence-corrected chi connectivity index (χ1v) is 13.5. The molecule has 0 fully saturated rings. The molecule has 4 aromatic rings. The first kappa shape index (κ1) is 31.3. The number of nitrogens with one attached hydrogen (secondary N) is 2. The molecule has 0 unspecified atom stereocenters. The summed E-state index contributed by atoms with van der Waals surface area (Å²) >= 11 is 8.34. The lowest BCUT2D eigenvalue weighted by molar-refractivity contribution is -0.291. The molecule has 0 bridgehead atoms. The Balaban J connectivity index is 1.73. The van der Waals surface area contributed by atoms with Crippen LogP contribution in [0.15, 0.2) is 42.7 Å². The van der Waals surface area contributed by atoms with Crippen molar-refractivity contribution in [3.8, 4) is 5.82 Å². The second kappa shape index (κ2) is 11.9. The second-order valence-corrected chi connectivity index (χ2v) is 11.0. The largest absolute Gasteiger partial charge is 0.459 e. The molecular weight excluding hydrogens is 702 g/mol. The Morgan fingerprint density at radius 2 is 1.81 bits per heavy atom. The number of hydrogen-bond acceptors (Lipinski definition) is 6. The van der Waals surface area contributed by atoms with E-state index < -0.39 is 36.2 Å². The molecule has 0 spiro atoms. The van der Waals surface area contributed by atoms with Gasteiger partial charge >= 0.3 is 12.1 Å². The zero-order chi connectivity index (χ0) is 31.0. The fourth-order valence-corrected chi connectivity index (χ4v) is 4.76. The number of aromatic nitrogens is 6. The van der Waals surface area contributed by atoms with Crippen LogP contribution in [0, 0.1) is 10.5 Å². The summed E-state index contributed by atoms with van der Waals surface area (Å²) in [6.45, 7) is 4.81. The Hall–Kier alpha value is -3.67. The summed E-state index contributed by atoms with van der Waals surface area (Å²) in [4.78, 5) is 31.3. The Labute approximate surface area is 253 Å². The van der Waals surface area contributed by atoms with E-state index in [1.165, 1.54) is 18.3 Å². The average molecular weight is 723 g/mol. The molecule has 222 valence electrons. The number of halogens is 7. The van der Waals surface area contributed by atoms with Gasteiger partial charge in [-0.2, -0.15) is 42.0 Å². The number of benzene rings is 1. The van der Waals surface area contributed by atoms with Crippen molar-refractivity contribution < 1.29 is 31.5 Å². The van der Waals surface area contributed by atoms with Gasteiger partial charge in [0.15, 0.2) is 11.5 Å². The van der Waals surface area contributed by atoms with E-state index in [0.29, 0.717) is 16.6 Å². The normalized spacial score (nSPS) is 12.1. The molecule has 3 aromatic heterocycles. The van der Waals surface area contributed by atoms with Crippen molar-refractivity contribution >= 4 is 51.7 Å². The van der Waals surface area contributed by atoms with E-state index in [9.17, 15) is 31.5 Å². The van der Waals surface area contributed by atoms with Gasteiger partial charge in [-0.25, -0.2) is 9.67 Å². The third kappa shape index (κ3) is 6.53. The fraction of sp³-hybridized carbons (Fsp3) is 0.280. The molecule has 0 radical (unpaired) electrons. The Kier molecular flexibility index (Phi) is 8.86. The van der Waals surface area contributed by atoms with Crippen molar-refractivity contribution in [2.45, 2.75) is 45.5 Å². The number of carbonyl (C=O) groups excluding carboxylic acids is 2. The minimum absolute atomic E-state index is 0.0106. The number of alkyl halides is 5. The predicted molar refractivity (Wildman–Crippen MR) is 150 cm³/mol. The van der Waals surface area contributed by atoms with Gasteiger partial charge in [-0.05, 0) is 79.3 Å². The van der Waals surface area contributed by atoms with E-state index in [4.69, 9.17) is 11.6 Å². The van der Waals surface area contributed by atoms with Crippen molar-refractivity contribution in [3.63, 3.8) is 0 Å². The van der Waals surface area contributed by atoms with Crippen LogP contribution in [-0.4, -0.2) is 53.8 Å². The van der Waals surface area contributed by atoms with E-state index in [0.717, 1.165) is 8.25 Å². The fourth-order valence-electron chi connectivity index (χ4n) is 3.78. The van der Waals surface area contributed by atoms with Gasteiger partial charge in [0.05, 0.1) is 28.2 Å². The second-order valence-electron chi connectivity index (χ2n) is 9.30. The molecule has 42 heavy (non-hydrogen) atoms. The van der Waals surface area contributed by atoms with E-state index in [1.54, 1.807) is 39.0 Å². The monoisotopic (exact) mass is 722 g/mol. The maximum absolute atomic E-state index is 13.7. The van der Waals surface area contributed by atoms with Crippen LogP contribution in [0.1, 0.15) is 51.6 Å². The molecule has 0 aliphatic rings. The zero-order valence-corrected chi connectivity index (χ0v) is 24.9. The topological polar surface area (TPSA) is 120 Å². The minimum atomic E-state index is -5.87. The van der Waals surface area contributed by atoms with Gasteiger partial charge in [0.2, 0.25) is 0 Å². The summed E-state index contributed by atoms with van der Waals surface area (Å²) in [7, 11) is 0. The van der Waals surface area contributed by atoms with Crippen LogP contribution in [0.3, 0.4) is 0 Å². The summed E-state index contributed by atoms with van der Waals surface area (Å²) in [5, 5.41) is 16.6. The highest BCUT2D eigenvalue weighted by Gasteiger charge is 2.60. The molecule has 0 aliphatic carbocycles. The predicted octanol–water partition coefficient (Wildman–Crippen LogP) is 5.52. The van der Waals surface area contributed by atoms with Gasteiger partial charge in [0.25, 0.3) is 11.8 Å². The van der Waals surface area contributed by atoms with Gasteiger partial charge in [-0.3, -0.25) is 9.59 Å². The standard InChI is InChI=1S/C25H21ClF5IN8O2/c1-12(2)35-22(41)16-8-14(32)7-13(3)20(16)36-23(42)18-9-15(37-40(18)21-17(26)5-4-6-33-21)11-39-34-10-19(38-39)24(27,28)25(29,30)31/h4-10,12H,11H2,1-3H3,(H,35,41)(H,36,42). The SMILES string of the molecule is Cc1cc(I)cc(C(=O)NC(C)C)c1NC(=O)c1cc(Cn2ncc(C(F)(F)C(F)(F)F)n2)nn1-c1ncccc1Cl. The molecule has 17 heteroatoms. The van der Waals surface area contributed by atoms with Crippen LogP contribution in [0.4, 0.5) is 27.6 Å². The molecule has 0 saturated heterocycles. The number of anilines is 1. The molecule has 0 aliphatic heterocycles. The lowest BCUT2D eigenvalue weighted by atomic mass is 10.1. The third-order valence-electron chi connectivity index (χ3n) is 5.65. The molecule has 2 amide bonds. The first-order valence-electron chi connectivity index (χ1n) is 12.1. The van der Waals surface area contributed by atoms with Gasteiger partial charge in [0, 0.05) is 15.8 Å². The van der Waals surface area contributed by atoms with E-state index in [-0.39, 0.29) is 39.5 Å². The summed E-state index contributed by atoms with van der Waals surface area (Å²) in [6.07, 6.45) is -4.17. The van der Waals surface area contributed by atoms with Crippen LogP contribution in [0.2, 0.25) is 5.02 Å². The molecule has 3 heterocycles. The molecule has 0 atom stereocenters. The molecule has 0 saturated carbocycles. The maximum Gasteiger partial charge on any atom is 0.459 e. The quantitative estimate of drug-likeness (QED) is 0.183. The summed E-state index contributed by atoms with van der Waals surface area (Å²) < 4.78 is 67.6. The number of amides is 2. The smallest absolute Gasteiger partial charge is 0.350 e.